The van der Waals surface area contributed by atoms with Crippen molar-refractivity contribution in [2.75, 3.05) is 32.8 Å². The maximum Gasteiger partial charge on any atom is 0.163 e. The van der Waals surface area contributed by atoms with E-state index in [0.29, 0.717) is 58.7 Å². The van der Waals surface area contributed by atoms with Crippen LogP contribution in [-0.2, 0) is 4.74 Å². The van der Waals surface area contributed by atoms with Crippen LogP contribution in [-0.4, -0.2) is 37.8 Å². The monoisotopic (exact) mass is 340 g/mol. The van der Waals surface area contributed by atoms with Crippen molar-refractivity contribution in [2.24, 2.45) is 0 Å². The van der Waals surface area contributed by atoms with E-state index in [1.54, 1.807) is 12.1 Å². The standard InChI is InChI=1S/C15H14Cl2N2O3/c1-20-13-6-11-12(19-9-10(8-18)15(11)17)7-14(13)22-5-4-21-3-2-16/h6-7,9H,2-5H2,1H3. The van der Waals surface area contributed by atoms with Crippen LogP contribution in [0, 0.1) is 11.3 Å². The summed E-state index contributed by atoms with van der Waals surface area (Å²) in [5, 5.41) is 9.98. The van der Waals surface area contributed by atoms with Crippen molar-refractivity contribution in [1.29, 1.82) is 5.26 Å². The van der Waals surface area contributed by atoms with Crippen molar-refractivity contribution >= 4 is 34.1 Å². The van der Waals surface area contributed by atoms with Crippen LogP contribution in [0.2, 0.25) is 5.02 Å². The number of pyridine rings is 1. The van der Waals surface area contributed by atoms with Crippen molar-refractivity contribution in [3.05, 3.63) is 28.9 Å². The summed E-state index contributed by atoms with van der Waals surface area (Å²) in [7, 11) is 1.54. The van der Waals surface area contributed by atoms with Crippen molar-refractivity contribution in [3.63, 3.8) is 0 Å². The Bertz CT molecular complexity index is 701. The SMILES string of the molecule is COc1cc2c(Cl)c(C#N)cnc2cc1OCCOCCCl. The fourth-order valence-corrected chi connectivity index (χ4v) is 2.24. The molecular weight excluding hydrogens is 327 g/mol. The molecule has 0 amide bonds. The zero-order valence-corrected chi connectivity index (χ0v) is 13.4. The molecule has 0 atom stereocenters. The van der Waals surface area contributed by atoms with E-state index in [2.05, 4.69) is 4.98 Å². The van der Waals surface area contributed by atoms with Crippen LogP contribution in [0.5, 0.6) is 11.5 Å². The Morgan fingerprint density at radius 2 is 2.05 bits per heavy atom. The van der Waals surface area contributed by atoms with Crippen LogP contribution in [0.15, 0.2) is 18.3 Å². The molecule has 7 heteroatoms. The van der Waals surface area contributed by atoms with E-state index in [0.717, 1.165) is 0 Å². The Morgan fingerprint density at radius 1 is 1.23 bits per heavy atom. The first-order chi connectivity index (χ1) is 10.7. The van der Waals surface area contributed by atoms with Gasteiger partial charge in [-0.1, -0.05) is 11.6 Å². The largest absolute Gasteiger partial charge is 0.493 e. The predicted octanol–water partition coefficient (Wildman–Crippen LogP) is 3.40. The molecule has 1 heterocycles. The number of aromatic nitrogens is 1. The lowest BCUT2D eigenvalue weighted by Gasteiger charge is -2.12. The summed E-state index contributed by atoms with van der Waals surface area (Å²) in [5.74, 6) is 1.50. The lowest BCUT2D eigenvalue weighted by Crippen LogP contribution is -2.08. The van der Waals surface area contributed by atoms with Crippen molar-refractivity contribution in [2.45, 2.75) is 0 Å². The first kappa shape index (κ1) is 16.6. The molecule has 2 rings (SSSR count). The molecule has 0 fully saturated rings. The molecule has 2 aromatic rings. The van der Waals surface area contributed by atoms with Gasteiger partial charge in [0.05, 0.1) is 36.4 Å². The van der Waals surface area contributed by atoms with E-state index in [1.807, 2.05) is 6.07 Å². The number of ether oxygens (including phenoxy) is 3. The van der Waals surface area contributed by atoms with Crippen molar-refractivity contribution in [1.82, 2.24) is 4.98 Å². The summed E-state index contributed by atoms with van der Waals surface area (Å²) in [6.45, 7) is 1.27. The number of rotatable bonds is 7. The molecule has 0 unspecified atom stereocenters. The summed E-state index contributed by atoms with van der Waals surface area (Å²) in [4.78, 5) is 4.22. The Hall–Kier alpha value is -1.74. The quantitative estimate of drug-likeness (QED) is 0.570. The minimum atomic E-state index is 0.319. The third-order valence-electron chi connectivity index (χ3n) is 2.91. The molecule has 0 saturated heterocycles. The second kappa shape index (κ2) is 8.04. The molecule has 0 saturated carbocycles. The van der Waals surface area contributed by atoms with Gasteiger partial charge in [-0.25, -0.2) is 0 Å². The average molecular weight is 341 g/mol. The summed E-state index contributed by atoms with van der Waals surface area (Å²) in [6.07, 6.45) is 1.44. The van der Waals surface area contributed by atoms with E-state index >= 15 is 0 Å². The molecule has 0 aliphatic carbocycles. The van der Waals surface area contributed by atoms with Gasteiger partial charge < -0.3 is 14.2 Å². The van der Waals surface area contributed by atoms with Gasteiger partial charge in [-0.3, -0.25) is 4.98 Å². The van der Waals surface area contributed by atoms with Gasteiger partial charge in [0.15, 0.2) is 11.5 Å². The predicted molar refractivity (Wildman–Crippen MR) is 85.1 cm³/mol. The molecule has 0 N–H and O–H groups in total. The second-order valence-corrected chi connectivity index (χ2v) is 5.02. The number of nitrogens with zero attached hydrogens (tertiary/aromatic N) is 2. The molecule has 22 heavy (non-hydrogen) atoms. The van der Waals surface area contributed by atoms with Gasteiger partial charge in [-0.2, -0.15) is 5.26 Å². The number of halogens is 2. The first-order valence-electron chi connectivity index (χ1n) is 6.54. The fraction of sp³-hybridized carbons (Fsp3) is 0.333. The zero-order valence-electron chi connectivity index (χ0n) is 11.9. The molecule has 1 aromatic carbocycles. The number of hydrogen-bond acceptors (Lipinski definition) is 5. The maximum atomic E-state index is 8.99. The second-order valence-electron chi connectivity index (χ2n) is 4.27. The van der Waals surface area contributed by atoms with Gasteiger partial charge >= 0.3 is 0 Å². The van der Waals surface area contributed by atoms with E-state index < -0.39 is 0 Å². The molecule has 0 aliphatic heterocycles. The van der Waals surface area contributed by atoms with Gasteiger partial charge in [-0.15, -0.1) is 11.6 Å². The maximum absolute atomic E-state index is 8.99. The molecule has 5 nitrogen and oxygen atoms in total. The van der Waals surface area contributed by atoms with E-state index in [9.17, 15) is 0 Å². The molecule has 0 spiro atoms. The Kier molecular flexibility index (Phi) is 6.08. The molecule has 0 bridgehead atoms. The van der Waals surface area contributed by atoms with Gasteiger partial charge in [0.2, 0.25) is 0 Å². The van der Waals surface area contributed by atoms with Crippen LogP contribution >= 0.6 is 23.2 Å². The number of hydrogen-bond donors (Lipinski definition) is 0. The van der Waals surface area contributed by atoms with Crippen LogP contribution < -0.4 is 9.47 Å². The van der Waals surface area contributed by atoms with Gasteiger partial charge in [0.1, 0.15) is 12.7 Å². The molecule has 0 aliphatic rings. The lowest BCUT2D eigenvalue weighted by molar-refractivity contribution is 0.110. The van der Waals surface area contributed by atoms with Crippen LogP contribution in [0.1, 0.15) is 5.56 Å². The highest BCUT2D eigenvalue weighted by Gasteiger charge is 2.12. The van der Waals surface area contributed by atoms with Gasteiger partial charge in [0, 0.05) is 23.5 Å². The van der Waals surface area contributed by atoms with E-state index in [1.165, 1.54) is 13.3 Å². The molecule has 1 aromatic heterocycles. The Labute approximate surface area is 138 Å². The van der Waals surface area contributed by atoms with Crippen LogP contribution in [0.25, 0.3) is 10.9 Å². The van der Waals surface area contributed by atoms with Crippen LogP contribution in [0.3, 0.4) is 0 Å². The van der Waals surface area contributed by atoms with E-state index in [-0.39, 0.29) is 0 Å². The molecular formula is C15H14Cl2N2O3. The Balaban J connectivity index is 2.26. The first-order valence-corrected chi connectivity index (χ1v) is 7.45. The summed E-state index contributed by atoms with van der Waals surface area (Å²) < 4.78 is 16.2. The summed E-state index contributed by atoms with van der Waals surface area (Å²) in [5.41, 5.74) is 0.945. The molecule has 116 valence electrons. The number of alkyl halides is 1. The minimum absolute atomic E-state index is 0.319. The van der Waals surface area contributed by atoms with Crippen LogP contribution in [0.4, 0.5) is 0 Å². The highest BCUT2D eigenvalue weighted by atomic mass is 35.5. The average Bonchev–Trinajstić information content (AvgIpc) is 2.54. The van der Waals surface area contributed by atoms with Crippen molar-refractivity contribution < 1.29 is 14.2 Å². The number of nitriles is 1. The summed E-state index contributed by atoms with van der Waals surface area (Å²) >= 11 is 11.7. The topological polar surface area (TPSA) is 64.4 Å². The Morgan fingerprint density at radius 3 is 2.73 bits per heavy atom. The normalized spacial score (nSPS) is 10.5. The zero-order chi connectivity index (χ0) is 15.9. The number of methoxy groups -OCH3 is 1. The third kappa shape index (κ3) is 3.72. The smallest absolute Gasteiger partial charge is 0.163 e. The minimum Gasteiger partial charge on any atom is -0.493 e. The third-order valence-corrected chi connectivity index (χ3v) is 3.48. The fourth-order valence-electron chi connectivity index (χ4n) is 1.89. The summed E-state index contributed by atoms with van der Waals surface area (Å²) in [6, 6.07) is 5.43. The van der Waals surface area contributed by atoms with Crippen molar-refractivity contribution in [3.8, 4) is 17.6 Å². The number of fused-ring (bicyclic) bond motifs is 1. The van der Waals surface area contributed by atoms with Gasteiger partial charge in [0.25, 0.3) is 0 Å². The highest BCUT2D eigenvalue weighted by molar-refractivity contribution is 6.36. The lowest BCUT2D eigenvalue weighted by atomic mass is 10.1. The highest BCUT2D eigenvalue weighted by Crippen LogP contribution is 2.35. The number of benzene rings is 1. The van der Waals surface area contributed by atoms with E-state index in [4.69, 9.17) is 42.7 Å². The van der Waals surface area contributed by atoms with Gasteiger partial charge in [-0.05, 0) is 6.07 Å². The molecule has 0 radical (unpaired) electrons.